The monoisotopic (exact) mass is 169 g/mol. The lowest BCUT2D eigenvalue weighted by Gasteiger charge is -2.35. The van der Waals surface area contributed by atoms with Crippen molar-refractivity contribution >= 4 is 5.97 Å². The predicted octanol–water partition coefficient (Wildman–Crippen LogP) is 1.01. The summed E-state index contributed by atoms with van der Waals surface area (Å²) in [7, 11) is 0. The number of nitrogens with one attached hydrogen (secondary N) is 1. The molecule has 0 radical (unpaired) electrons. The molecule has 1 rings (SSSR count). The third-order valence-corrected chi connectivity index (χ3v) is 2.42. The molecule has 2 N–H and O–H groups in total. The maximum atomic E-state index is 10.6. The predicted molar refractivity (Wildman–Crippen MR) is 46.9 cm³/mol. The lowest BCUT2D eigenvalue weighted by atomic mass is 9.79. The Morgan fingerprint density at radius 1 is 1.75 bits per heavy atom. The molecular weight excluding hydrogens is 154 g/mol. The zero-order chi connectivity index (χ0) is 9.14. The first-order valence-electron chi connectivity index (χ1n) is 4.26. The Kier molecular flexibility index (Phi) is 2.87. The molecule has 0 aromatic heterocycles. The van der Waals surface area contributed by atoms with Crippen LogP contribution in [0.4, 0.5) is 0 Å². The quantitative estimate of drug-likeness (QED) is 0.617. The lowest BCUT2D eigenvalue weighted by Crippen LogP contribution is -2.50. The summed E-state index contributed by atoms with van der Waals surface area (Å²) in [5.74, 6) is -0.873. The fourth-order valence-electron chi connectivity index (χ4n) is 1.40. The fourth-order valence-corrected chi connectivity index (χ4v) is 1.40. The van der Waals surface area contributed by atoms with Crippen LogP contribution in [0.25, 0.3) is 0 Å². The Morgan fingerprint density at radius 3 is 2.75 bits per heavy atom. The van der Waals surface area contributed by atoms with E-state index in [1.807, 2.05) is 6.92 Å². The summed E-state index contributed by atoms with van der Waals surface area (Å²) in [4.78, 5) is 10.6. The molecule has 1 fully saturated rings. The molecule has 0 spiro atoms. The second-order valence-corrected chi connectivity index (χ2v) is 3.32. The molecule has 3 heteroatoms. The summed E-state index contributed by atoms with van der Waals surface area (Å²) < 4.78 is 0. The summed E-state index contributed by atoms with van der Waals surface area (Å²) in [6, 6.07) is 0.354. The SMILES string of the molecule is C=CC(C)NC1CCC1C(=O)O. The summed E-state index contributed by atoms with van der Waals surface area (Å²) in [6.07, 6.45) is 3.56. The lowest BCUT2D eigenvalue weighted by molar-refractivity contribution is -0.146. The number of aliphatic carboxylic acids is 1. The number of rotatable bonds is 4. The highest BCUT2D eigenvalue weighted by Crippen LogP contribution is 2.27. The van der Waals surface area contributed by atoms with Crippen LogP contribution in [0.1, 0.15) is 19.8 Å². The molecule has 1 aliphatic carbocycles. The zero-order valence-corrected chi connectivity index (χ0v) is 7.29. The second kappa shape index (κ2) is 3.72. The third-order valence-electron chi connectivity index (χ3n) is 2.42. The third kappa shape index (κ3) is 1.85. The molecule has 3 atom stereocenters. The van der Waals surface area contributed by atoms with E-state index in [1.54, 1.807) is 6.08 Å². The maximum Gasteiger partial charge on any atom is 0.308 e. The molecule has 0 bridgehead atoms. The molecule has 0 aromatic carbocycles. The largest absolute Gasteiger partial charge is 0.481 e. The molecule has 68 valence electrons. The van der Waals surface area contributed by atoms with E-state index in [-0.39, 0.29) is 18.0 Å². The first-order valence-corrected chi connectivity index (χ1v) is 4.26. The van der Waals surface area contributed by atoms with Gasteiger partial charge in [0.05, 0.1) is 5.92 Å². The van der Waals surface area contributed by atoms with Crippen LogP contribution < -0.4 is 5.32 Å². The van der Waals surface area contributed by atoms with Gasteiger partial charge in [0, 0.05) is 12.1 Å². The van der Waals surface area contributed by atoms with Crippen LogP contribution in [-0.2, 0) is 4.79 Å². The van der Waals surface area contributed by atoms with Gasteiger partial charge in [0.15, 0.2) is 0 Å². The Balaban J connectivity index is 2.34. The Morgan fingerprint density at radius 2 is 2.42 bits per heavy atom. The van der Waals surface area contributed by atoms with Gasteiger partial charge in [-0.05, 0) is 19.8 Å². The van der Waals surface area contributed by atoms with E-state index in [2.05, 4.69) is 11.9 Å². The van der Waals surface area contributed by atoms with Gasteiger partial charge >= 0.3 is 5.97 Å². The topological polar surface area (TPSA) is 49.3 Å². The van der Waals surface area contributed by atoms with Crippen LogP contribution in [0.5, 0.6) is 0 Å². The Hall–Kier alpha value is -0.830. The first kappa shape index (κ1) is 9.26. The molecule has 3 unspecified atom stereocenters. The van der Waals surface area contributed by atoms with Crippen molar-refractivity contribution in [2.45, 2.75) is 31.8 Å². The van der Waals surface area contributed by atoms with Crippen molar-refractivity contribution in [1.29, 1.82) is 0 Å². The number of hydrogen-bond donors (Lipinski definition) is 2. The van der Waals surface area contributed by atoms with Crippen molar-refractivity contribution < 1.29 is 9.90 Å². The van der Waals surface area contributed by atoms with E-state index < -0.39 is 5.97 Å². The molecule has 1 saturated carbocycles. The standard InChI is InChI=1S/C9H15NO2/c1-3-6(2)10-8-5-4-7(8)9(11)12/h3,6-8,10H,1,4-5H2,2H3,(H,11,12). The molecule has 0 amide bonds. The van der Waals surface area contributed by atoms with Crippen molar-refractivity contribution in [2.24, 2.45) is 5.92 Å². The van der Waals surface area contributed by atoms with Gasteiger partial charge in [-0.3, -0.25) is 4.79 Å². The minimum absolute atomic E-state index is 0.149. The van der Waals surface area contributed by atoms with Crippen molar-refractivity contribution in [3.8, 4) is 0 Å². The molecule has 0 saturated heterocycles. The number of hydrogen-bond acceptors (Lipinski definition) is 2. The van der Waals surface area contributed by atoms with Crippen molar-refractivity contribution in [1.82, 2.24) is 5.32 Å². The van der Waals surface area contributed by atoms with Gasteiger partial charge in [0.25, 0.3) is 0 Å². The molecule has 3 nitrogen and oxygen atoms in total. The maximum absolute atomic E-state index is 10.6. The second-order valence-electron chi connectivity index (χ2n) is 3.32. The van der Waals surface area contributed by atoms with E-state index in [0.29, 0.717) is 0 Å². The zero-order valence-electron chi connectivity index (χ0n) is 7.29. The molecule has 0 aromatic rings. The van der Waals surface area contributed by atoms with Crippen LogP contribution in [-0.4, -0.2) is 23.2 Å². The molecule has 1 aliphatic rings. The minimum atomic E-state index is -0.685. The van der Waals surface area contributed by atoms with Crippen LogP contribution in [0, 0.1) is 5.92 Å². The van der Waals surface area contributed by atoms with Gasteiger partial charge < -0.3 is 10.4 Å². The summed E-state index contributed by atoms with van der Waals surface area (Å²) >= 11 is 0. The summed E-state index contributed by atoms with van der Waals surface area (Å²) in [6.45, 7) is 5.61. The molecule has 0 heterocycles. The average molecular weight is 169 g/mol. The highest BCUT2D eigenvalue weighted by atomic mass is 16.4. The van der Waals surface area contributed by atoms with Gasteiger partial charge in [-0.25, -0.2) is 0 Å². The van der Waals surface area contributed by atoms with Gasteiger partial charge in [-0.2, -0.15) is 0 Å². The Bertz CT molecular complexity index is 191. The fraction of sp³-hybridized carbons (Fsp3) is 0.667. The van der Waals surface area contributed by atoms with Gasteiger partial charge in [0.2, 0.25) is 0 Å². The van der Waals surface area contributed by atoms with Crippen molar-refractivity contribution in [2.75, 3.05) is 0 Å². The highest BCUT2D eigenvalue weighted by Gasteiger charge is 2.36. The summed E-state index contributed by atoms with van der Waals surface area (Å²) in [5, 5.41) is 11.9. The molecule has 12 heavy (non-hydrogen) atoms. The van der Waals surface area contributed by atoms with E-state index in [9.17, 15) is 4.79 Å². The van der Waals surface area contributed by atoms with Crippen molar-refractivity contribution in [3.63, 3.8) is 0 Å². The Labute approximate surface area is 72.5 Å². The van der Waals surface area contributed by atoms with E-state index in [4.69, 9.17) is 5.11 Å². The van der Waals surface area contributed by atoms with Crippen molar-refractivity contribution in [3.05, 3.63) is 12.7 Å². The van der Waals surface area contributed by atoms with Crippen LogP contribution in [0.2, 0.25) is 0 Å². The molecular formula is C9H15NO2. The van der Waals surface area contributed by atoms with Gasteiger partial charge in [-0.15, -0.1) is 6.58 Å². The highest BCUT2D eigenvalue weighted by molar-refractivity contribution is 5.72. The van der Waals surface area contributed by atoms with Gasteiger partial charge in [0.1, 0.15) is 0 Å². The first-order chi connectivity index (χ1) is 5.65. The minimum Gasteiger partial charge on any atom is -0.481 e. The van der Waals surface area contributed by atoms with Crippen LogP contribution in [0.3, 0.4) is 0 Å². The normalized spacial score (nSPS) is 30.4. The number of carboxylic acid groups (broad SMARTS) is 1. The molecule has 0 aliphatic heterocycles. The van der Waals surface area contributed by atoms with E-state index >= 15 is 0 Å². The van der Waals surface area contributed by atoms with E-state index in [1.165, 1.54) is 0 Å². The van der Waals surface area contributed by atoms with Crippen LogP contribution in [0.15, 0.2) is 12.7 Å². The smallest absolute Gasteiger partial charge is 0.308 e. The number of carboxylic acids is 1. The average Bonchev–Trinajstić information content (AvgIpc) is 1.96. The number of carbonyl (C=O) groups is 1. The van der Waals surface area contributed by atoms with Gasteiger partial charge in [-0.1, -0.05) is 6.08 Å². The van der Waals surface area contributed by atoms with Crippen LogP contribution >= 0.6 is 0 Å². The summed E-state index contributed by atoms with van der Waals surface area (Å²) in [5.41, 5.74) is 0. The van der Waals surface area contributed by atoms with E-state index in [0.717, 1.165) is 12.8 Å².